The predicted octanol–water partition coefficient (Wildman–Crippen LogP) is 2.58. The number of fused-ring (bicyclic) bond motifs is 2. The predicted molar refractivity (Wildman–Crippen MR) is 70.4 cm³/mol. The van der Waals surface area contributed by atoms with Crippen LogP contribution in [0.4, 0.5) is 0 Å². The Balaban J connectivity index is 2.20. The van der Waals surface area contributed by atoms with Crippen molar-refractivity contribution in [2.45, 2.75) is 32.2 Å². The summed E-state index contributed by atoms with van der Waals surface area (Å²) in [5.74, 6) is 1.87. The average molecular weight is 314 g/mol. The number of nitrogens with one attached hydrogen (secondary N) is 1. The normalized spacial score (nSPS) is 17.4. The zero-order chi connectivity index (χ0) is 12.5. The zero-order valence-electron chi connectivity index (χ0n) is 10.1. The minimum atomic E-state index is 0.404. The fraction of sp³-hybridized carbons (Fsp3) is 0.538. The lowest BCUT2D eigenvalue weighted by Crippen LogP contribution is -2.20. The third-order valence-electron chi connectivity index (χ3n) is 3.54. The molecular weight excluding hydrogens is 298 g/mol. The molecule has 0 unspecified atom stereocenters. The minimum absolute atomic E-state index is 0.404. The van der Waals surface area contributed by atoms with E-state index in [1.807, 2.05) is 0 Å². The Morgan fingerprint density at radius 3 is 2.44 bits per heavy atom. The summed E-state index contributed by atoms with van der Waals surface area (Å²) >= 11 is 3.65. The molecule has 0 amide bonds. The average Bonchev–Trinajstić information content (AvgIpc) is 2.43. The van der Waals surface area contributed by atoms with Crippen molar-refractivity contribution in [1.29, 1.82) is 0 Å². The Morgan fingerprint density at radius 1 is 1.06 bits per heavy atom. The van der Waals surface area contributed by atoms with Gasteiger partial charge in [0.15, 0.2) is 0 Å². The van der Waals surface area contributed by atoms with E-state index in [-0.39, 0.29) is 0 Å². The number of hydroxylamine groups is 1. The van der Waals surface area contributed by atoms with Crippen molar-refractivity contribution in [3.8, 4) is 11.5 Å². The maximum Gasteiger partial charge on any atom is 0.137 e. The van der Waals surface area contributed by atoms with E-state index in [9.17, 15) is 0 Å². The van der Waals surface area contributed by atoms with Gasteiger partial charge in [0.25, 0.3) is 0 Å². The van der Waals surface area contributed by atoms with E-state index in [4.69, 9.17) is 14.7 Å². The lowest BCUT2D eigenvalue weighted by molar-refractivity contribution is 0.158. The van der Waals surface area contributed by atoms with Crippen molar-refractivity contribution in [3.05, 3.63) is 21.2 Å². The molecule has 5 heteroatoms. The van der Waals surface area contributed by atoms with Crippen LogP contribution < -0.4 is 15.0 Å². The molecule has 0 saturated carbocycles. The molecule has 0 spiro atoms. The molecule has 4 nitrogen and oxygen atoms in total. The third kappa shape index (κ3) is 1.90. The van der Waals surface area contributed by atoms with E-state index >= 15 is 0 Å². The van der Waals surface area contributed by atoms with Gasteiger partial charge in [0.2, 0.25) is 0 Å². The molecule has 18 heavy (non-hydrogen) atoms. The smallest absolute Gasteiger partial charge is 0.137 e. The van der Waals surface area contributed by atoms with E-state index < -0.39 is 0 Å². The zero-order valence-corrected chi connectivity index (χ0v) is 11.7. The molecule has 2 aliphatic rings. The number of hydrogen-bond donors (Lipinski definition) is 2. The highest BCUT2D eigenvalue weighted by Crippen LogP contribution is 2.46. The lowest BCUT2D eigenvalue weighted by Gasteiger charge is -2.29. The molecular formula is C13H16BrNO3. The molecule has 98 valence electrons. The number of benzene rings is 1. The fourth-order valence-electron chi connectivity index (χ4n) is 2.75. The number of hydrogen-bond acceptors (Lipinski definition) is 4. The molecule has 1 aromatic rings. The van der Waals surface area contributed by atoms with Crippen LogP contribution in [-0.4, -0.2) is 18.4 Å². The highest BCUT2D eigenvalue weighted by Gasteiger charge is 2.27. The van der Waals surface area contributed by atoms with Gasteiger partial charge in [0, 0.05) is 23.2 Å². The first-order valence-corrected chi connectivity index (χ1v) is 7.11. The molecule has 0 radical (unpaired) electrons. The van der Waals surface area contributed by atoms with E-state index in [0.29, 0.717) is 6.54 Å². The van der Waals surface area contributed by atoms with E-state index in [1.54, 1.807) is 0 Å². The minimum Gasteiger partial charge on any atom is -0.493 e. The maximum absolute atomic E-state index is 9.03. The molecule has 0 saturated heterocycles. The first-order chi connectivity index (χ1) is 8.83. The van der Waals surface area contributed by atoms with Crippen molar-refractivity contribution < 1.29 is 14.7 Å². The SMILES string of the molecule is ONCc1c2c(c(Br)c3c1OCCC3)OCCC2. The van der Waals surface area contributed by atoms with Crippen LogP contribution >= 0.6 is 15.9 Å². The van der Waals surface area contributed by atoms with Crippen LogP contribution in [0.5, 0.6) is 11.5 Å². The van der Waals surface area contributed by atoms with Gasteiger partial charge in [0.05, 0.1) is 17.7 Å². The van der Waals surface area contributed by atoms with E-state index in [1.165, 1.54) is 5.56 Å². The van der Waals surface area contributed by atoms with Gasteiger partial charge in [-0.15, -0.1) is 0 Å². The van der Waals surface area contributed by atoms with Crippen molar-refractivity contribution in [2.24, 2.45) is 0 Å². The second-order valence-electron chi connectivity index (χ2n) is 4.65. The molecule has 2 aliphatic heterocycles. The molecule has 0 bridgehead atoms. The fourth-order valence-corrected chi connectivity index (χ4v) is 3.48. The van der Waals surface area contributed by atoms with Crippen LogP contribution in [-0.2, 0) is 19.4 Å². The third-order valence-corrected chi connectivity index (χ3v) is 4.38. The van der Waals surface area contributed by atoms with Gasteiger partial charge in [-0.05, 0) is 41.6 Å². The van der Waals surface area contributed by atoms with Crippen LogP contribution in [0.2, 0.25) is 0 Å². The van der Waals surface area contributed by atoms with Gasteiger partial charge < -0.3 is 14.7 Å². The van der Waals surface area contributed by atoms with Crippen LogP contribution in [0.25, 0.3) is 0 Å². The van der Waals surface area contributed by atoms with Crippen LogP contribution in [0.1, 0.15) is 29.5 Å². The number of halogens is 1. The first kappa shape index (κ1) is 12.3. The molecule has 1 aromatic carbocycles. The summed E-state index contributed by atoms with van der Waals surface area (Å²) in [6.45, 7) is 1.91. The summed E-state index contributed by atoms with van der Waals surface area (Å²) in [4.78, 5) is 0. The first-order valence-electron chi connectivity index (χ1n) is 6.31. The molecule has 0 aromatic heterocycles. The summed E-state index contributed by atoms with van der Waals surface area (Å²) in [6.07, 6.45) is 4.00. The van der Waals surface area contributed by atoms with Gasteiger partial charge >= 0.3 is 0 Å². The van der Waals surface area contributed by atoms with Crippen molar-refractivity contribution in [1.82, 2.24) is 5.48 Å². The topological polar surface area (TPSA) is 50.7 Å². The molecule has 3 rings (SSSR count). The number of rotatable bonds is 2. The van der Waals surface area contributed by atoms with Gasteiger partial charge in [-0.3, -0.25) is 0 Å². The Morgan fingerprint density at radius 2 is 1.72 bits per heavy atom. The summed E-state index contributed by atoms with van der Waals surface area (Å²) < 4.78 is 12.6. The molecule has 0 aliphatic carbocycles. The summed E-state index contributed by atoms with van der Waals surface area (Å²) in [6, 6.07) is 0. The van der Waals surface area contributed by atoms with Gasteiger partial charge in [0.1, 0.15) is 11.5 Å². The quantitative estimate of drug-likeness (QED) is 0.824. The second kappa shape index (κ2) is 5.07. The van der Waals surface area contributed by atoms with E-state index in [0.717, 1.165) is 66.0 Å². The summed E-state index contributed by atoms with van der Waals surface area (Å²) in [7, 11) is 0. The largest absolute Gasteiger partial charge is 0.493 e. The molecule has 0 fully saturated rings. The van der Waals surface area contributed by atoms with E-state index in [2.05, 4.69) is 21.4 Å². The Kier molecular flexibility index (Phi) is 3.46. The maximum atomic E-state index is 9.03. The number of ether oxygens (including phenoxy) is 2. The van der Waals surface area contributed by atoms with Crippen molar-refractivity contribution >= 4 is 15.9 Å². The van der Waals surface area contributed by atoms with Crippen molar-refractivity contribution in [2.75, 3.05) is 13.2 Å². The van der Waals surface area contributed by atoms with Crippen molar-refractivity contribution in [3.63, 3.8) is 0 Å². The Labute approximate surface area is 114 Å². The molecule has 2 heterocycles. The van der Waals surface area contributed by atoms with Crippen LogP contribution in [0.3, 0.4) is 0 Å². The van der Waals surface area contributed by atoms with Gasteiger partial charge in [-0.25, -0.2) is 5.48 Å². The molecule has 2 N–H and O–H groups in total. The monoisotopic (exact) mass is 313 g/mol. The summed E-state index contributed by atoms with van der Waals surface area (Å²) in [5.41, 5.74) is 5.63. The second-order valence-corrected chi connectivity index (χ2v) is 5.44. The van der Waals surface area contributed by atoms with Crippen LogP contribution in [0, 0.1) is 0 Å². The lowest BCUT2D eigenvalue weighted by atomic mass is 9.93. The highest BCUT2D eigenvalue weighted by molar-refractivity contribution is 9.10. The Hall–Kier alpha value is -0.780. The molecule has 0 atom stereocenters. The Bertz CT molecular complexity index is 439. The van der Waals surface area contributed by atoms with Crippen LogP contribution in [0.15, 0.2) is 4.47 Å². The standard InChI is InChI=1S/C13H16BrNO3/c14-11-9-4-2-5-17-12(9)10(7-15-16)8-3-1-6-18-13(8)11/h15-16H,1-7H2. The van der Waals surface area contributed by atoms with Gasteiger partial charge in [-0.1, -0.05) is 0 Å². The highest BCUT2D eigenvalue weighted by atomic mass is 79.9. The van der Waals surface area contributed by atoms with Gasteiger partial charge in [-0.2, -0.15) is 0 Å². The summed E-state index contributed by atoms with van der Waals surface area (Å²) in [5, 5.41) is 9.03.